The largest absolute Gasteiger partial charge is 0.385 e. The first-order valence-electron chi connectivity index (χ1n) is 5.17. The van der Waals surface area contributed by atoms with E-state index in [9.17, 15) is 8.42 Å². The van der Waals surface area contributed by atoms with Crippen molar-refractivity contribution in [1.82, 2.24) is 0 Å². The second-order valence-corrected chi connectivity index (χ2v) is 6.03. The van der Waals surface area contributed by atoms with Crippen LogP contribution in [0.4, 0.5) is 5.69 Å². The van der Waals surface area contributed by atoms with E-state index in [4.69, 9.17) is 5.73 Å². The van der Waals surface area contributed by atoms with Crippen LogP contribution in [-0.2, 0) is 9.84 Å². The van der Waals surface area contributed by atoms with Crippen LogP contribution in [0.1, 0.15) is 6.92 Å². The Morgan fingerprint density at radius 1 is 1.31 bits per heavy atom. The van der Waals surface area contributed by atoms with Crippen molar-refractivity contribution in [2.45, 2.75) is 11.8 Å². The molecule has 0 radical (unpaired) electrons. The summed E-state index contributed by atoms with van der Waals surface area (Å²) in [5.41, 5.74) is 6.41. The van der Waals surface area contributed by atoms with Crippen LogP contribution in [0, 0.1) is 5.92 Å². The molecule has 4 nitrogen and oxygen atoms in total. The van der Waals surface area contributed by atoms with Gasteiger partial charge < -0.3 is 11.1 Å². The summed E-state index contributed by atoms with van der Waals surface area (Å²) in [6, 6.07) is 6.73. The summed E-state index contributed by atoms with van der Waals surface area (Å²) in [5.74, 6) is 0.398. The molecule has 1 aromatic carbocycles. The number of benzene rings is 1. The Kier molecular flexibility index (Phi) is 4.32. The highest BCUT2D eigenvalue weighted by Gasteiger charge is 2.06. The summed E-state index contributed by atoms with van der Waals surface area (Å²) in [6.45, 7) is 3.47. The molecule has 1 atom stereocenters. The highest BCUT2D eigenvalue weighted by molar-refractivity contribution is 7.90. The summed E-state index contributed by atoms with van der Waals surface area (Å²) < 4.78 is 22.4. The maximum absolute atomic E-state index is 11.2. The SMILES string of the molecule is CC(CN)CNc1ccc(S(C)(=O)=O)cc1. The molecule has 0 heterocycles. The van der Waals surface area contributed by atoms with Gasteiger partial charge in [0.05, 0.1) is 4.90 Å². The van der Waals surface area contributed by atoms with Crippen molar-refractivity contribution in [2.75, 3.05) is 24.7 Å². The molecule has 1 rings (SSSR count). The molecule has 0 aromatic heterocycles. The van der Waals surface area contributed by atoms with Crippen molar-refractivity contribution in [2.24, 2.45) is 11.7 Å². The lowest BCUT2D eigenvalue weighted by atomic mass is 10.2. The monoisotopic (exact) mass is 242 g/mol. The van der Waals surface area contributed by atoms with Gasteiger partial charge in [-0.2, -0.15) is 0 Å². The van der Waals surface area contributed by atoms with Gasteiger partial charge in [-0.05, 0) is 36.7 Å². The van der Waals surface area contributed by atoms with Gasteiger partial charge in [0.15, 0.2) is 9.84 Å². The van der Waals surface area contributed by atoms with Crippen LogP contribution < -0.4 is 11.1 Å². The van der Waals surface area contributed by atoms with Crippen molar-refractivity contribution < 1.29 is 8.42 Å². The minimum Gasteiger partial charge on any atom is -0.385 e. The predicted octanol–water partition coefficient (Wildman–Crippen LogP) is 1.10. The van der Waals surface area contributed by atoms with Gasteiger partial charge in [0.1, 0.15) is 0 Å². The number of nitrogens with one attached hydrogen (secondary N) is 1. The fourth-order valence-electron chi connectivity index (χ4n) is 1.20. The van der Waals surface area contributed by atoms with Gasteiger partial charge in [-0.25, -0.2) is 8.42 Å². The maximum Gasteiger partial charge on any atom is 0.175 e. The van der Waals surface area contributed by atoms with Crippen LogP contribution >= 0.6 is 0 Å². The predicted molar refractivity (Wildman–Crippen MR) is 66.3 cm³/mol. The van der Waals surface area contributed by atoms with Gasteiger partial charge in [-0.15, -0.1) is 0 Å². The van der Waals surface area contributed by atoms with Crippen LogP contribution in [0.5, 0.6) is 0 Å². The Labute approximate surface area is 96.8 Å². The van der Waals surface area contributed by atoms with Gasteiger partial charge in [0, 0.05) is 18.5 Å². The molecule has 0 saturated heterocycles. The molecule has 0 aliphatic rings. The fourth-order valence-corrected chi connectivity index (χ4v) is 1.83. The first kappa shape index (κ1) is 13.0. The zero-order valence-corrected chi connectivity index (χ0v) is 10.4. The quantitative estimate of drug-likeness (QED) is 0.811. The fraction of sp³-hybridized carbons (Fsp3) is 0.455. The average molecular weight is 242 g/mol. The van der Waals surface area contributed by atoms with E-state index in [0.717, 1.165) is 12.2 Å². The molecule has 0 fully saturated rings. The van der Waals surface area contributed by atoms with Gasteiger partial charge in [-0.3, -0.25) is 0 Å². The zero-order valence-electron chi connectivity index (χ0n) is 9.60. The van der Waals surface area contributed by atoms with E-state index in [1.54, 1.807) is 24.3 Å². The van der Waals surface area contributed by atoms with E-state index in [0.29, 0.717) is 17.4 Å². The number of nitrogens with two attached hydrogens (primary N) is 1. The van der Waals surface area contributed by atoms with Crippen LogP contribution in [-0.4, -0.2) is 27.8 Å². The molecule has 0 saturated carbocycles. The number of anilines is 1. The second kappa shape index (κ2) is 5.32. The van der Waals surface area contributed by atoms with Crippen molar-refractivity contribution in [1.29, 1.82) is 0 Å². The van der Waals surface area contributed by atoms with Gasteiger partial charge in [-0.1, -0.05) is 6.92 Å². The van der Waals surface area contributed by atoms with E-state index in [1.165, 1.54) is 6.26 Å². The lowest BCUT2D eigenvalue weighted by Gasteiger charge is -2.11. The first-order chi connectivity index (χ1) is 7.43. The molecule has 3 N–H and O–H groups in total. The van der Waals surface area contributed by atoms with E-state index >= 15 is 0 Å². The topological polar surface area (TPSA) is 72.2 Å². The molecule has 0 aliphatic heterocycles. The summed E-state index contributed by atoms with van der Waals surface area (Å²) in [7, 11) is -3.10. The summed E-state index contributed by atoms with van der Waals surface area (Å²) in [5, 5.41) is 3.20. The molecular formula is C11H18N2O2S. The Morgan fingerprint density at radius 2 is 1.88 bits per heavy atom. The van der Waals surface area contributed by atoms with Crippen LogP contribution in [0.25, 0.3) is 0 Å². The van der Waals surface area contributed by atoms with E-state index in [1.807, 2.05) is 0 Å². The Bertz CT molecular complexity index is 426. The molecular weight excluding hydrogens is 224 g/mol. The minimum absolute atomic E-state index is 0.338. The standard InChI is InChI=1S/C11H18N2O2S/c1-9(7-12)8-13-10-3-5-11(6-4-10)16(2,14)15/h3-6,9,13H,7-8,12H2,1-2H3. The average Bonchev–Trinajstić information content (AvgIpc) is 2.25. The zero-order chi connectivity index (χ0) is 12.2. The number of rotatable bonds is 5. The highest BCUT2D eigenvalue weighted by Crippen LogP contribution is 2.13. The highest BCUT2D eigenvalue weighted by atomic mass is 32.2. The molecule has 0 aliphatic carbocycles. The Hall–Kier alpha value is -1.07. The third kappa shape index (κ3) is 3.83. The molecule has 16 heavy (non-hydrogen) atoms. The summed E-state index contributed by atoms with van der Waals surface area (Å²) in [6.07, 6.45) is 1.20. The summed E-state index contributed by atoms with van der Waals surface area (Å²) >= 11 is 0. The van der Waals surface area contributed by atoms with E-state index in [-0.39, 0.29) is 0 Å². The minimum atomic E-state index is -3.10. The van der Waals surface area contributed by atoms with Gasteiger partial charge in [0.2, 0.25) is 0 Å². The molecule has 90 valence electrons. The van der Waals surface area contributed by atoms with Crippen molar-refractivity contribution >= 4 is 15.5 Å². The molecule has 1 unspecified atom stereocenters. The van der Waals surface area contributed by atoms with Crippen molar-refractivity contribution in [3.05, 3.63) is 24.3 Å². The van der Waals surface area contributed by atoms with Gasteiger partial charge >= 0.3 is 0 Å². The van der Waals surface area contributed by atoms with E-state index in [2.05, 4.69) is 12.2 Å². The number of hydrogen-bond donors (Lipinski definition) is 2. The second-order valence-electron chi connectivity index (χ2n) is 4.02. The van der Waals surface area contributed by atoms with Gasteiger partial charge in [0.25, 0.3) is 0 Å². The summed E-state index contributed by atoms with van der Waals surface area (Å²) in [4.78, 5) is 0.338. The third-order valence-electron chi connectivity index (χ3n) is 2.34. The first-order valence-corrected chi connectivity index (χ1v) is 7.06. The molecule has 0 amide bonds. The van der Waals surface area contributed by atoms with Crippen LogP contribution in [0.3, 0.4) is 0 Å². The van der Waals surface area contributed by atoms with Crippen LogP contribution in [0.2, 0.25) is 0 Å². The Balaban J connectivity index is 2.66. The van der Waals surface area contributed by atoms with Crippen molar-refractivity contribution in [3.8, 4) is 0 Å². The lowest BCUT2D eigenvalue weighted by molar-refractivity contribution is 0.602. The van der Waals surface area contributed by atoms with E-state index < -0.39 is 9.84 Å². The Morgan fingerprint density at radius 3 is 2.31 bits per heavy atom. The smallest absolute Gasteiger partial charge is 0.175 e. The van der Waals surface area contributed by atoms with Crippen LogP contribution in [0.15, 0.2) is 29.2 Å². The van der Waals surface area contributed by atoms with Crippen molar-refractivity contribution in [3.63, 3.8) is 0 Å². The number of sulfone groups is 1. The molecule has 0 spiro atoms. The molecule has 5 heteroatoms. The molecule has 1 aromatic rings. The lowest BCUT2D eigenvalue weighted by Crippen LogP contribution is -2.19. The maximum atomic E-state index is 11.2. The normalized spacial score (nSPS) is 13.4. The third-order valence-corrected chi connectivity index (χ3v) is 3.47. The molecule has 0 bridgehead atoms. The number of hydrogen-bond acceptors (Lipinski definition) is 4.